The van der Waals surface area contributed by atoms with E-state index in [0.717, 1.165) is 11.1 Å². The molecule has 0 aromatic heterocycles. The van der Waals surface area contributed by atoms with Crippen LogP contribution in [0.3, 0.4) is 0 Å². The Kier molecular flexibility index (Phi) is 5.04. The van der Waals surface area contributed by atoms with Crippen LogP contribution in [0.4, 0.5) is 0 Å². The van der Waals surface area contributed by atoms with Crippen LogP contribution in [-0.4, -0.2) is 8.42 Å². The molecule has 0 saturated heterocycles. The minimum atomic E-state index is -3.49. The zero-order chi connectivity index (χ0) is 15.5. The van der Waals surface area contributed by atoms with Gasteiger partial charge in [-0.1, -0.05) is 49.7 Å². The molecule has 0 fully saturated rings. The van der Waals surface area contributed by atoms with Crippen LogP contribution < -0.4 is 4.72 Å². The number of hydrogen-bond acceptors (Lipinski definition) is 2. The van der Waals surface area contributed by atoms with Crippen molar-refractivity contribution in [2.45, 2.75) is 31.2 Å². The highest BCUT2D eigenvalue weighted by molar-refractivity contribution is 7.89. The molecule has 0 unspecified atom stereocenters. The van der Waals surface area contributed by atoms with E-state index in [4.69, 9.17) is 11.6 Å². The fraction of sp³-hybridized carbons (Fsp3) is 0.250. The quantitative estimate of drug-likeness (QED) is 0.905. The van der Waals surface area contributed by atoms with E-state index in [-0.39, 0.29) is 11.4 Å². The molecule has 0 radical (unpaired) electrons. The van der Waals surface area contributed by atoms with Gasteiger partial charge in [0.25, 0.3) is 0 Å². The number of hydrogen-bond donors (Lipinski definition) is 1. The number of halogens is 1. The molecular formula is C16H18ClNO2S. The Morgan fingerprint density at radius 1 is 1.00 bits per heavy atom. The Balaban J connectivity index is 2.09. The van der Waals surface area contributed by atoms with E-state index < -0.39 is 10.0 Å². The van der Waals surface area contributed by atoms with E-state index in [0.29, 0.717) is 10.9 Å². The summed E-state index contributed by atoms with van der Waals surface area (Å²) in [6.07, 6.45) is 0. The number of nitrogens with one attached hydrogen (secondary N) is 1. The molecule has 2 aromatic carbocycles. The third kappa shape index (κ3) is 4.30. The molecule has 0 aliphatic carbocycles. The summed E-state index contributed by atoms with van der Waals surface area (Å²) in [5.74, 6) is 0.379. The van der Waals surface area contributed by atoms with Crippen molar-refractivity contribution in [2.24, 2.45) is 0 Å². The Morgan fingerprint density at radius 3 is 2.10 bits per heavy atom. The first-order valence-corrected chi connectivity index (χ1v) is 8.58. The zero-order valence-corrected chi connectivity index (χ0v) is 13.6. The second kappa shape index (κ2) is 6.60. The second-order valence-electron chi connectivity index (χ2n) is 5.17. The van der Waals surface area contributed by atoms with Gasteiger partial charge < -0.3 is 0 Å². The van der Waals surface area contributed by atoms with Gasteiger partial charge >= 0.3 is 0 Å². The molecule has 0 aliphatic heterocycles. The largest absolute Gasteiger partial charge is 0.240 e. The van der Waals surface area contributed by atoms with Gasteiger partial charge in [-0.15, -0.1) is 0 Å². The molecule has 21 heavy (non-hydrogen) atoms. The van der Waals surface area contributed by atoms with Gasteiger partial charge in [-0.3, -0.25) is 0 Å². The van der Waals surface area contributed by atoms with Crippen LogP contribution in [0.1, 0.15) is 30.9 Å². The van der Waals surface area contributed by atoms with Crippen LogP contribution in [0.25, 0.3) is 0 Å². The predicted molar refractivity (Wildman–Crippen MR) is 86.0 cm³/mol. The van der Waals surface area contributed by atoms with Crippen LogP contribution in [0.15, 0.2) is 53.4 Å². The summed E-state index contributed by atoms with van der Waals surface area (Å²) >= 11 is 5.80. The van der Waals surface area contributed by atoms with E-state index in [2.05, 4.69) is 18.6 Å². The van der Waals surface area contributed by atoms with Crippen LogP contribution in [0, 0.1) is 0 Å². The lowest BCUT2D eigenvalue weighted by Gasteiger charge is -2.09. The minimum Gasteiger partial charge on any atom is -0.207 e. The molecule has 3 nitrogen and oxygen atoms in total. The SMILES string of the molecule is CC(C)c1ccc(S(=O)(=O)NCc2ccc(Cl)cc2)cc1. The standard InChI is InChI=1S/C16H18ClNO2S/c1-12(2)14-5-9-16(10-6-14)21(19,20)18-11-13-3-7-15(17)8-4-13/h3-10,12,18H,11H2,1-2H3. The monoisotopic (exact) mass is 323 g/mol. The fourth-order valence-corrected chi connectivity index (χ4v) is 3.04. The van der Waals surface area contributed by atoms with Crippen LogP contribution in [0.5, 0.6) is 0 Å². The van der Waals surface area contributed by atoms with Gasteiger partial charge in [0, 0.05) is 11.6 Å². The topological polar surface area (TPSA) is 46.2 Å². The highest BCUT2D eigenvalue weighted by atomic mass is 35.5. The summed E-state index contributed by atoms with van der Waals surface area (Å²) in [7, 11) is -3.49. The summed E-state index contributed by atoms with van der Waals surface area (Å²) in [6, 6.07) is 14.0. The first-order valence-electron chi connectivity index (χ1n) is 6.72. The third-order valence-electron chi connectivity index (χ3n) is 3.24. The molecule has 0 bridgehead atoms. The Labute approximate surface area is 131 Å². The summed E-state index contributed by atoms with van der Waals surface area (Å²) in [4.78, 5) is 0.279. The van der Waals surface area contributed by atoms with Crippen molar-refractivity contribution in [3.8, 4) is 0 Å². The molecule has 2 aromatic rings. The molecule has 1 N–H and O–H groups in total. The van der Waals surface area contributed by atoms with Crippen LogP contribution >= 0.6 is 11.6 Å². The maximum atomic E-state index is 12.2. The van der Waals surface area contributed by atoms with Crippen molar-refractivity contribution < 1.29 is 8.42 Å². The maximum Gasteiger partial charge on any atom is 0.240 e. The summed E-state index contributed by atoms with van der Waals surface area (Å²) < 4.78 is 27.0. The smallest absolute Gasteiger partial charge is 0.207 e. The summed E-state index contributed by atoms with van der Waals surface area (Å²) in [5.41, 5.74) is 1.98. The van der Waals surface area contributed by atoms with Crippen molar-refractivity contribution >= 4 is 21.6 Å². The number of sulfonamides is 1. The van der Waals surface area contributed by atoms with Crippen molar-refractivity contribution in [1.82, 2.24) is 4.72 Å². The molecule has 5 heteroatoms. The molecule has 112 valence electrons. The normalized spacial score (nSPS) is 11.8. The second-order valence-corrected chi connectivity index (χ2v) is 7.38. The summed E-state index contributed by atoms with van der Waals surface area (Å²) in [6.45, 7) is 4.38. The van der Waals surface area contributed by atoms with Gasteiger partial charge in [0.1, 0.15) is 0 Å². The predicted octanol–water partition coefficient (Wildman–Crippen LogP) is 3.94. The molecule has 0 heterocycles. The van der Waals surface area contributed by atoms with Crippen molar-refractivity contribution in [1.29, 1.82) is 0 Å². The van der Waals surface area contributed by atoms with Gasteiger partial charge in [0.05, 0.1) is 4.90 Å². The van der Waals surface area contributed by atoms with E-state index >= 15 is 0 Å². The lowest BCUT2D eigenvalue weighted by molar-refractivity contribution is 0.581. The lowest BCUT2D eigenvalue weighted by Crippen LogP contribution is -2.23. The van der Waals surface area contributed by atoms with E-state index in [1.54, 1.807) is 36.4 Å². The van der Waals surface area contributed by atoms with Crippen molar-refractivity contribution in [2.75, 3.05) is 0 Å². The van der Waals surface area contributed by atoms with Gasteiger partial charge in [0.2, 0.25) is 10.0 Å². The highest BCUT2D eigenvalue weighted by Gasteiger charge is 2.13. The Hall–Kier alpha value is -1.36. The molecule has 0 saturated carbocycles. The Morgan fingerprint density at radius 2 is 1.57 bits per heavy atom. The first-order chi connectivity index (χ1) is 9.88. The van der Waals surface area contributed by atoms with Gasteiger partial charge in [-0.2, -0.15) is 0 Å². The molecule has 0 atom stereocenters. The van der Waals surface area contributed by atoms with Gasteiger partial charge in [-0.25, -0.2) is 13.1 Å². The first kappa shape index (κ1) is 16.0. The minimum absolute atomic E-state index is 0.242. The third-order valence-corrected chi connectivity index (χ3v) is 4.91. The molecule has 0 spiro atoms. The van der Waals surface area contributed by atoms with Crippen molar-refractivity contribution in [3.63, 3.8) is 0 Å². The van der Waals surface area contributed by atoms with E-state index in [1.165, 1.54) is 0 Å². The maximum absolute atomic E-state index is 12.2. The molecule has 2 rings (SSSR count). The average molecular weight is 324 g/mol. The van der Waals surface area contributed by atoms with Gasteiger partial charge in [-0.05, 0) is 41.3 Å². The zero-order valence-electron chi connectivity index (χ0n) is 12.0. The lowest BCUT2D eigenvalue weighted by atomic mass is 10.0. The van der Waals surface area contributed by atoms with E-state index in [1.807, 2.05) is 12.1 Å². The highest BCUT2D eigenvalue weighted by Crippen LogP contribution is 2.17. The fourth-order valence-electron chi connectivity index (χ4n) is 1.90. The number of benzene rings is 2. The van der Waals surface area contributed by atoms with E-state index in [9.17, 15) is 8.42 Å². The van der Waals surface area contributed by atoms with Crippen molar-refractivity contribution in [3.05, 3.63) is 64.7 Å². The molecule has 0 aliphatic rings. The molecular weight excluding hydrogens is 306 g/mol. The average Bonchev–Trinajstić information content (AvgIpc) is 2.47. The van der Waals surface area contributed by atoms with Gasteiger partial charge in [0.15, 0.2) is 0 Å². The molecule has 0 amide bonds. The van der Waals surface area contributed by atoms with Crippen LogP contribution in [-0.2, 0) is 16.6 Å². The summed E-state index contributed by atoms with van der Waals surface area (Å²) in [5, 5.41) is 0.630. The van der Waals surface area contributed by atoms with Crippen LogP contribution in [0.2, 0.25) is 5.02 Å². The Bertz CT molecular complexity index is 692. The number of rotatable bonds is 5.